The third-order valence-corrected chi connectivity index (χ3v) is 11.5. The van der Waals surface area contributed by atoms with Gasteiger partial charge in [0.25, 0.3) is 11.5 Å². The smallest absolute Gasteiger partial charge is 0.261 e. The van der Waals surface area contributed by atoms with Gasteiger partial charge in [-0.2, -0.15) is 0 Å². The van der Waals surface area contributed by atoms with Gasteiger partial charge in [-0.3, -0.25) is 23.9 Å². The molecule has 294 valence electrons. The van der Waals surface area contributed by atoms with Gasteiger partial charge in [0, 0.05) is 55.3 Å². The van der Waals surface area contributed by atoms with Gasteiger partial charge in [0.15, 0.2) is 0 Å². The van der Waals surface area contributed by atoms with Crippen LogP contribution in [0.15, 0.2) is 84.0 Å². The molecule has 56 heavy (non-hydrogen) atoms. The Bertz CT molecular complexity index is 2230. The van der Waals surface area contributed by atoms with Gasteiger partial charge >= 0.3 is 0 Å². The van der Waals surface area contributed by atoms with Crippen LogP contribution in [0.3, 0.4) is 0 Å². The summed E-state index contributed by atoms with van der Waals surface area (Å²) in [6.45, 7) is 2.76. The molecular formula is C44H51ClN6O5. The lowest BCUT2D eigenvalue weighted by molar-refractivity contribution is -0.140. The fourth-order valence-corrected chi connectivity index (χ4v) is 8.01. The number of halogens is 1. The van der Waals surface area contributed by atoms with Crippen molar-refractivity contribution in [2.24, 2.45) is 5.92 Å². The van der Waals surface area contributed by atoms with E-state index >= 15 is 0 Å². The Labute approximate surface area is 332 Å². The maximum atomic E-state index is 14.0. The monoisotopic (exact) mass is 778 g/mol. The van der Waals surface area contributed by atoms with Crippen molar-refractivity contribution < 1.29 is 19.4 Å². The van der Waals surface area contributed by atoms with Gasteiger partial charge in [-0.25, -0.2) is 4.98 Å². The Kier molecular flexibility index (Phi) is 12.3. The van der Waals surface area contributed by atoms with E-state index in [1.54, 1.807) is 30.3 Å². The Morgan fingerprint density at radius 2 is 1.75 bits per heavy atom. The van der Waals surface area contributed by atoms with Crippen LogP contribution in [0.5, 0.6) is 5.75 Å². The largest absolute Gasteiger partial charge is 0.493 e. The number of nitrogens with zero attached hydrogens (tertiary/aromatic N) is 5. The summed E-state index contributed by atoms with van der Waals surface area (Å²) in [5.41, 5.74) is 2.53. The van der Waals surface area contributed by atoms with E-state index < -0.39 is 5.60 Å². The van der Waals surface area contributed by atoms with Crippen molar-refractivity contribution in [1.29, 1.82) is 0 Å². The van der Waals surface area contributed by atoms with Crippen molar-refractivity contribution in [2.45, 2.75) is 69.4 Å². The minimum Gasteiger partial charge on any atom is -0.493 e. The summed E-state index contributed by atoms with van der Waals surface area (Å²) in [7, 11) is 4.04. The quantitative estimate of drug-likeness (QED) is 0.113. The standard InChI is InChI=1S/C44H51ClN6O5/c1-49(2)20-7-23-56-34-14-16-36-39(26-34)48-29-51(43(36)54)28-44(55)17-21-50(22-18-44)42(53)33(24-30-8-4-3-5-9-30)10-6-19-46-41(52)32-13-15-35-38(25-32)47-27-37(40(35)45)31-11-12-31/h3-5,8-9,13-16,25-27,29,31,33,55H,6-7,10-12,17-24,28H2,1-2H3,(H,46,52). The maximum absolute atomic E-state index is 14.0. The first-order chi connectivity index (χ1) is 27.1. The number of likely N-dealkylation sites (tertiary alicyclic amines) is 1. The van der Waals surface area contributed by atoms with Gasteiger partial charge in [-0.1, -0.05) is 48.0 Å². The van der Waals surface area contributed by atoms with Crippen LogP contribution in [0.4, 0.5) is 0 Å². The van der Waals surface area contributed by atoms with Gasteiger partial charge in [0.05, 0.1) is 46.5 Å². The zero-order valence-electron chi connectivity index (χ0n) is 32.3. The SMILES string of the molecule is CN(C)CCCOc1ccc2c(=O)n(CC3(O)CCN(C(=O)C(CCCNC(=O)c4ccc5c(Cl)c(C6CC6)cnc5c4)Cc4ccccc4)CC3)cnc2c1. The molecule has 7 rings (SSSR count). The lowest BCUT2D eigenvalue weighted by atomic mass is 9.88. The van der Waals surface area contributed by atoms with Crippen molar-refractivity contribution in [3.05, 3.63) is 111 Å². The molecule has 0 bridgehead atoms. The van der Waals surface area contributed by atoms with Gasteiger partial charge in [0.2, 0.25) is 5.91 Å². The fraction of sp³-hybridized carbons (Fsp3) is 0.432. The lowest BCUT2D eigenvalue weighted by Crippen LogP contribution is -2.51. The Hall–Kier alpha value is -4.84. The molecule has 2 aromatic heterocycles. The summed E-state index contributed by atoms with van der Waals surface area (Å²) in [6.07, 6.45) is 8.95. The van der Waals surface area contributed by atoms with Crippen LogP contribution in [0.1, 0.15) is 72.3 Å². The van der Waals surface area contributed by atoms with Crippen molar-refractivity contribution in [3.63, 3.8) is 0 Å². The molecule has 3 heterocycles. The summed E-state index contributed by atoms with van der Waals surface area (Å²) < 4.78 is 7.33. The first-order valence-electron chi connectivity index (χ1n) is 19.7. The Morgan fingerprint density at radius 1 is 1.00 bits per heavy atom. The molecule has 1 atom stereocenters. The predicted octanol–water partition coefficient (Wildman–Crippen LogP) is 6.23. The summed E-state index contributed by atoms with van der Waals surface area (Å²) in [4.78, 5) is 53.7. The second-order valence-corrected chi connectivity index (χ2v) is 16.1. The number of rotatable bonds is 16. The number of pyridine rings is 1. The summed E-state index contributed by atoms with van der Waals surface area (Å²) in [6, 6.07) is 20.7. The number of hydrogen-bond acceptors (Lipinski definition) is 8. The number of amides is 2. The third-order valence-electron chi connectivity index (χ3n) is 11.1. The van der Waals surface area contributed by atoms with E-state index in [-0.39, 0.29) is 29.8 Å². The number of aliphatic hydroxyl groups is 1. The minimum absolute atomic E-state index is 0.0366. The maximum Gasteiger partial charge on any atom is 0.261 e. The molecule has 1 saturated heterocycles. The molecule has 2 N–H and O–H groups in total. The van der Waals surface area contributed by atoms with Crippen LogP contribution in [-0.4, -0.2) is 93.7 Å². The number of carbonyl (C=O) groups excluding carboxylic acids is 2. The molecule has 0 radical (unpaired) electrons. The summed E-state index contributed by atoms with van der Waals surface area (Å²) >= 11 is 6.67. The van der Waals surface area contributed by atoms with Crippen LogP contribution in [0, 0.1) is 5.92 Å². The zero-order chi connectivity index (χ0) is 39.2. The predicted molar refractivity (Wildman–Crippen MR) is 219 cm³/mol. The van der Waals surface area contributed by atoms with Crippen molar-refractivity contribution in [1.82, 2.24) is 29.7 Å². The van der Waals surface area contributed by atoms with Crippen molar-refractivity contribution >= 4 is 45.2 Å². The molecule has 2 fully saturated rings. The van der Waals surface area contributed by atoms with Crippen molar-refractivity contribution in [2.75, 3.05) is 46.9 Å². The first kappa shape index (κ1) is 39.4. The zero-order valence-corrected chi connectivity index (χ0v) is 33.0. The summed E-state index contributed by atoms with van der Waals surface area (Å²) in [5.74, 6) is 0.710. The molecule has 0 spiro atoms. The average molecular weight is 779 g/mol. The average Bonchev–Trinajstić information content (AvgIpc) is 4.05. The van der Waals surface area contributed by atoms with Gasteiger partial charge < -0.3 is 25.0 Å². The molecule has 12 heteroatoms. The van der Waals surface area contributed by atoms with Crippen LogP contribution in [-0.2, 0) is 17.8 Å². The number of fused-ring (bicyclic) bond motifs is 2. The number of carbonyl (C=O) groups is 2. The molecule has 2 amide bonds. The number of ether oxygens (including phenoxy) is 1. The van der Waals surface area contributed by atoms with E-state index in [2.05, 4.69) is 20.2 Å². The number of aromatic nitrogens is 3. The number of benzene rings is 3. The van der Waals surface area contributed by atoms with E-state index in [9.17, 15) is 19.5 Å². The van der Waals surface area contributed by atoms with Crippen LogP contribution >= 0.6 is 11.6 Å². The first-order valence-corrected chi connectivity index (χ1v) is 20.1. The van der Waals surface area contributed by atoms with Crippen LogP contribution in [0.25, 0.3) is 21.8 Å². The molecule has 11 nitrogen and oxygen atoms in total. The molecule has 1 aliphatic carbocycles. The highest BCUT2D eigenvalue weighted by Gasteiger charge is 2.36. The molecule has 1 unspecified atom stereocenters. The van der Waals surface area contributed by atoms with Crippen LogP contribution in [0.2, 0.25) is 5.02 Å². The second-order valence-electron chi connectivity index (χ2n) is 15.7. The van der Waals surface area contributed by atoms with E-state index in [0.29, 0.717) is 92.0 Å². The molecule has 1 saturated carbocycles. The lowest BCUT2D eigenvalue weighted by Gasteiger charge is -2.39. The van der Waals surface area contributed by atoms with E-state index in [1.807, 2.05) is 61.6 Å². The highest BCUT2D eigenvalue weighted by Crippen LogP contribution is 2.44. The molecule has 1 aliphatic heterocycles. The fourth-order valence-electron chi connectivity index (χ4n) is 7.65. The molecule has 2 aliphatic rings. The Balaban J connectivity index is 0.935. The molecule has 3 aromatic carbocycles. The molecular weight excluding hydrogens is 728 g/mol. The second kappa shape index (κ2) is 17.5. The number of nitrogens with one attached hydrogen (secondary N) is 1. The third kappa shape index (κ3) is 9.57. The van der Waals surface area contributed by atoms with Gasteiger partial charge in [-0.15, -0.1) is 0 Å². The topological polar surface area (TPSA) is 130 Å². The Morgan fingerprint density at radius 3 is 2.50 bits per heavy atom. The minimum atomic E-state index is -1.16. The van der Waals surface area contributed by atoms with Gasteiger partial charge in [-0.05, 0) is 107 Å². The normalized spacial score (nSPS) is 16.0. The number of piperidine rings is 1. The van der Waals surface area contributed by atoms with E-state index in [4.69, 9.17) is 16.3 Å². The van der Waals surface area contributed by atoms with Gasteiger partial charge in [0.1, 0.15) is 5.75 Å². The van der Waals surface area contributed by atoms with E-state index in [1.165, 1.54) is 10.9 Å². The van der Waals surface area contributed by atoms with E-state index in [0.717, 1.165) is 47.3 Å². The number of hydrogen-bond donors (Lipinski definition) is 2. The van der Waals surface area contributed by atoms with Crippen molar-refractivity contribution in [3.8, 4) is 5.75 Å². The highest BCUT2D eigenvalue weighted by atomic mass is 35.5. The van der Waals surface area contributed by atoms with Crippen LogP contribution < -0.4 is 15.6 Å². The summed E-state index contributed by atoms with van der Waals surface area (Å²) in [5, 5.41) is 16.7. The highest BCUT2D eigenvalue weighted by molar-refractivity contribution is 6.36. The molecule has 5 aromatic rings.